The first-order chi connectivity index (χ1) is 30.7. The number of benzene rings is 8. The van der Waals surface area contributed by atoms with Gasteiger partial charge in [0.15, 0.2) is 5.82 Å². The predicted molar refractivity (Wildman–Crippen MR) is 267 cm³/mol. The van der Waals surface area contributed by atoms with Gasteiger partial charge in [-0.3, -0.25) is 0 Å². The normalized spacial score (nSPS) is 11.9. The number of nitrogens with zero attached hydrogens (tertiary/aromatic N) is 4. The summed E-state index contributed by atoms with van der Waals surface area (Å²) in [5.41, 5.74) is 13.4. The van der Waals surface area contributed by atoms with Crippen molar-refractivity contribution in [3.8, 4) is 45.3 Å². The summed E-state index contributed by atoms with van der Waals surface area (Å²) in [4.78, 5) is 10.2. The highest BCUT2D eigenvalue weighted by molar-refractivity contribution is 6.61. The van der Waals surface area contributed by atoms with Crippen molar-refractivity contribution in [3.05, 3.63) is 158 Å². The van der Waals surface area contributed by atoms with E-state index in [0.29, 0.717) is 49.6 Å². The Morgan fingerprint density at radius 3 is 1.46 bits per heavy atom. The molecule has 63 heavy (non-hydrogen) atoms. The minimum absolute atomic E-state index is 0.394. The quantitative estimate of drug-likeness (QED) is 0.192. The Balaban J connectivity index is 1.12. The molecule has 12 rings (SSSR count). The average molecular weight is 788 g/mol. The van der Waals surface area contributed by atoms with Crippen molar-refractivity contribution in [2.75, 3.05) is 0 Å². The van der Waals surface area contributed by atoms with E-state index in [1.165, 1.54) is 0 Å². The minimum atomic E-state index is 0.394. The molecule has 0 N–H and O–H groups in total. The van der Waals surface area contributed by atoms with Gasteiger partial charge in [-0.2, -0.15) is 0 Å². The molecule has 0 aliphatic rings. The number of rotatable bonds is 5. The summed E-state index contributed by atoms with van der Waals surface area (Å²) in [5.74, 6) is 0.611. The van der Waals surface area contributed by atoms with E-state index >= 15 is 0 Å². The highest BCUT2D eigenvalue weighted by atomic mass is 16.3. The lowest BCUT2D eigenvalue weighted by Crippen LogP contribution is -2.27. The molecule has 0 fully saturated rings. The summed E-state index contributed by atoms with van der Waals surface area (Å²) in [5, 5.41) is 4.82. The largest absolute Gasteiger partial charge is 0.456 e. The van der Waals surface area contributed by atoms with Crippen LogP contribution in [0.5, 0.6) is 0 Å². The molecule has 11 heteroatoms. The van der Waals surface area contributed by atoms with Crippen LogP contribution in [0.1, 0.15) is 0 Å². The fourth-order valence-corrected chi connectivity index (χ4v) is 9.43. The number of hydrogen-bond acceptors (Lipinski definition) is 3. The lowest BCUT2D eigenvalue weighted by molar-refractivity contribution is 0.668. The summed E-state index contributed by atoms with van der Waals surface area (Å²) >= 11 is 0. The van der Waals surface area contributed by atoms with Crippen molar-refractivity contribution in [2.45, 2.75) is 0 Å². The van der Waals surface area contributed by atoms with Gasteiger partial charge in [0.2, 0.25) is 0 Å². The molecule has 0 saturated heterocycles. The topological polar surface area (TPSA) is 48.8 Å². The standard InChI is InChI=1S/C52H26B6N4O/c53-30-21-36-44-46(57)47(58)45-37-22-31(54)24-39(56)49(37)62(51(45)50(44)61(48(36)38(55)23-30)32-14-8-3-9-15-32)33-17-18-34-35-20-29(16-19-42(35)63-43(34)25-33)52-59-40(27-10-4-1-5-11-27)26-41(60-52)28-12-6-2-7-13-28/h1-26H. The SMILES string of the molecule is [B]c1cc([B])c2c(c1)c1c([B])c([B])c3c4cc([B])cc([B])c4n(-c4ccc5c(c4)oc4ccc(-c6nc(-c7ccccc7)cc(-c7ccccc7)n6)cc45)c3c1n2-c1ccccc1. The molecule has 278 valence electrons. The molecule has 12 radical (unpaired) electrons. The summed E-state index contributed by atoms with van der Waals surface area (Å²) in [7, 11) is 41.0. The summed E-state index contributed by atoms with van der Waals surface area (Å²) < 4.78 is 10.9. The molecule has 4 aromatic heterocycles. The van der Waals surface area contributed by atoms with Crippen LogP contribution in [0, 0.1) is 0 Å². The van der Waals surface area contributed by atoms with Gasteiger partial charge in [-0.15, -0.1) is 0 Å². The molecule has 0 bridgehead atoms. The highest BCUT2D eigenvalue weighted by Gasteiger charge is 2.26. The van der Waals surface area contributed by atoms with Crippen LogP contribution in [0.25, 0.3) is 111 Å². The van der Waals surface area contributed by atoms with E-state index in [2.05, 4.69) is 51.6 Å². The van der Waals surface area contributed by atoms with Crippen molar-refractivity contribution >= 4 is 145 Å². The van der Waals surface area contributed by atoms with Gasteiger partial charge in [-0.1, -0.05) is 136 Å². The monoisotopic (exact) mass is 788 g/mol. The second-order valence-electron chi connectivity index (χ2n) is 16.0. The van der Waals surface area contributed by atoms with Crippen LogP contribution in [0.2, 0.25) is 0 Å². The molecular formula is C52H26B6N4O. The maximum Gasteiger partial charge on any atom is 0.160 e. The maximum absolute atomic E-state index is 7.12. The van der Waals surface area contributed by atoms with Crippen LogP contribution < -0.4 is 32.8 Å². The molecule has 12 aromatic rings. The molecule has 0 saturated carbocycles. The van der Waals surface area contributed by atoms with Crippen LogP contribution in [-0.4, -0.2) is 66.2 Å². The first-order valence-corrected chi connectivity index (χ1v) is 20.5. The van der Waals surface area contributed by atoms with E-state index in [1.807, 2.05) is 103 Å². The Hall–Kier alpha value is -7.37. The Morgan fingerprint density at radius 2 is 0.905 bits per heavy atom. The first kappa shape index (κ1) is 37.4. The van der Waals surface area contributed by atoms with Gasteiger partial charge in [0.05, 0.1) is 22.4 Å². The zero-order valence-corrected chi connectivity index (χ0v) is 33.7. The molecule has 0 amide bonds. The summed E-state index contributed by atoms with van der Waals surface area (Å²) in [6.45, 7) is 0. The van der Waals surface area contributed by atoms with Gasteiger partial charge in [0.1, 0.15) is 58.2 Å². The van der Waals surface area contributed by atoms with Gasteiger partial charge in [-0.25, -0.2) is 9.97 Å². The fraction of sp³-hybridized carbons (Fsp3) is 0. The smallest absolute Gasteiger partial charge is 0.160 e. The third-order valence-corrected chi connectivity index (χ3v) is 12.1. The zero-order chi connectivity index (χ0) is 42.7. The van der Waals surface area contributed by atoms with Crippen LogP contribution >= 0.6 is 0 Å². The van der Waals surface area contributed by atoms with Crippen molar-refractivity contribution in [2.24, 2.45) is 0 Å². The van der Waals surface area contributed by atoms with Crippen molar-refractivity contribution < 1.29 is 4.42 Å². The molecule has 8 aromatic carbocycles. The van der Waals surface area contributed by atoms with Crippen LogP contribution in [0.15, 0.2) is 162 Å². The van der Waals surface area contributed by atoms with Crippen LogP contribution in [-0.2, 0) is 0 Å². The van der Waals surface area contributed by atoms with Gasteiger partial charge in [-0.05, 0) is 48.5 Å². The molecule has 0 atom stereocenters. The molecule has 0 unspecified atom stereocenters. The van der Waals surface area contributed by atoms with Crippen molar-refractivity contribution in [1.29, 1.82) is 0 Å². The average Bonchev–Trinajstić information content (AvgIpc) is 3.96. The summed E-state index contributed by atoms with van der Waals surface area (Å²) in [6.07, 6.45) is 0. The molecule has 4 heterocycles. The predicted octanol–water partition coefficient (Wildman–Crippen LogP) is 6.33. The Labute approximate surface area is 370 Å². The number of aromatic nitrogens is 4. The van der Waals surface area contributed by atoms with Gasteiger partial charge in [0, 0.05) is 77.5 Å². The second kappa shape index (κ2) is 14.1. The van der Waals surface area contributed by atoms with E-state index in [-0.39, 0.29) is 0 Å². The molecule has 0 spiro atoms. The minimum Gasteiger partial charge on any atom is -0.456 e. The Bertz CT molecular complexity index is 3800. The van der Waals surface area contributed by atoms with Crippen molar-refractivity contribution in [1.82, 2.24) is 19.1 Å². The Kier molecular flexibility index (Phi) is 8.36. The second-order valence-corrected chi connectivity index (χ2v) is 16.0. The Morgan fingerprint density at radius 1 is 0.381 bits per heavy atom. The molecular weight excluding hydrogens is 761 g/mol. The van der Waals surface area contributed by atoms with E-state index < -0.39 is 0 Å². The zero-order valence-electron chi connectivity index (χ0n) is 33.7. The van der Waals surface area contributed by atoms with Gasteiger partial charge < -0.3 is 13.6 Å². The highest BCUT2D eigenvalue weighted by Crippen LogP contribution is 2.41. The first-order valence-electron chi connectivity index (χ1n) is 20.5. The van der Waals surface area contributed by atoms with Crippen LogP contribution in [0.4, 0.5) is 0 Å². The van der Waals surface area contributed by atoms with Gasteiger partial charge in [0.25, 0.3) is 0 Å². The lowest BCUT2D eigenvalue weighted by atomic mass is 9.74. The lowest BCUT2D eigenvalue weighted by Gasteiger charge is -2.16. The van der Waals surface area contributed by atoms with E-state index in [4.69, 9.17) is 61.5 Å². The number of furan rings is 1. The molecule has 0 aliphatic heterocycles. The van der Waals surface area contributed by atoms with E-state index in [1.54, 1.807) is 12.1 Å². The third kappa shape index (κ3) is 5.72. The number of para-hydroxylation sites is 1. The maximum atomic E-state index is 7.12. The van der Waals surface area contributed by atoms with Crippen molar-refractivity contribution in [3.63, 3.8) is 0 Å². The summed E-state index contributed by atoms with van der Waals surface area (Å²) in [6, 6.07) is 52.0. The van der Waals surface area contributed by atoms with Gasteiger partial charge >= 0.3 is 0 Å². The van der Waals surface area contributed by atoms with E-state index in [9.17, 15) is 0 Å². The fourth-order valence-electron chi connectivity index (χ4n) is 9.43. The molecule has 0 aliphatic carbocycles. The van der Waals surface area contributed by atoms with E-state index in [0.717, 1.165) is 94.0 Å². The third-order valence-electron chi connectivity index (χ3n) is 12.1. The number of fused-ring (bicyclic) bond motifs is 10. The molecule has 5 nitrogen and oxygen atoms in total. The number of hydrogen-bond donors (Lipinski definition) is 0. The van der Waals surface area contributed by atoms with Crippen LogP contribution in [0.3, 0.4) is 0 Å².